The van der Waals surface area contributed by atoms with Gasteiger partial charge < -0.3 is 19.0 Å². The zero-order valence-corrected chi connectivity index (χ0v) is 18.3. The summed E-state index contributed by atoms with van der Waals surface area (Å²) >= 11 is 0. The van der Waals surface area contributed by atoms with Crippen LogP contribution in [0.25, 0.3) is 0 Å². The highest BCUT2D eigenvalue weighted by molar-refractivity contribution is 6.77. The molecule has 3 unspecified atom stereocenters. The molecule has 1 saturated heterocycles. The average Bonchev–Trinajstić information content (AvgIpc) is 2.53. The zero-order chi connectivity index (χ0) is 20.1. The van der Waals surface area contributed by atoms with Crippen molar-refractivity contribution in [2.45, 2.75) is 102 Å². The van der Waals surface area contributed by atoms with E-state index in [-0.39, 0.29) is 6.42 Å². The van der Waals surface area contributed by atoms with Crippen molar-refractivity contribution in [3.8, 4) is 0 Å². The summed E-state index contributed by atoms with van der Waals surface area (Å²) in [6, 6.07) is -1.09. The molecule has 1 aliphatic rings. The molecule has 1 N–H and O–H groups in total. The van der Waals surface area contributed by atoms with Crippen LogP contribution in [0.2, 0.25) is 16.6 Å². The highest BCUT2D eigenvalue weighted by Gasteiger charge is 2.46. The third kappa shape index (κ3) is 5.48. The van der Waals surface area contributed by atoms with Gasteiger partial charge in [-0.15, -0.1) is 0 Å². The van der Waals surface area contributed by atoms with E-state index in [4.69, 9.17) is 13.9 Å². The number of aliphatic hydroxyl groups is 1. The third-order valence-electron chi connectivity index (χ3n) is 5.64. The van der Waals surface area contributed by atoms with E-state index in [1.54, 1.807) is 6.92 Å². The molecule has 1 aliphatic heterocycles. The van der Waals surface area contributed by atoms with Gasteiger partial charge in [-0.25, -0.2) is 0 Å². The van der Waals surface area contributed by atoms with Crippen LogP contribution in [-0.2, 0) is 13.9 Å². The summed E-state index contributed by atoms with van der Waals surface area (Å²) in [6.07, 6.45) is -1.54. The van der Waals surface area contributed by atoms with Gasteiger partial charge >= 0.3 is 0 Å². The van der Waals surface area contributed by atoms with Crippen LogP contribution in [0, 0.1) is 10.1 Å². The van der Waals surface area contributed by atoms with Crippen LogP contribution in [0.4, 0.5) is 0 Å². The van der Waals surface area contributed by atoms with Gasteiger partial charge in [-0.2, -0.15) is 0 Å². The smallest absolute Gasteiger partial charge is 0.243 e. The lowest BCUT2D eigenvalue weighted by molar-refractivity contribution is -0.539. The minimum Gasteiger partial charge on any atom is -0.416 e. The molecule has 4 atom stereocenters. The second kappa shape index (κ2) is 10.1. The fraction of sp³-hybridized carbons (Fsp3) is 1.00. The van der Waals surface area contributed by atoms with Gasteiger partial charge in [-0.05, 0) is 30.0 Å². The number of rotatable bonds is 10. The Kier molecular flexibility index (Phi) is 9.15. The fourth-order valence-electron chi connectivity index (χ4n) is 4.46. The minimum atomic E-state index is -2.07. The summed E-state index contributed by atoms with van der Waals surface area (Å²) < 4.78 is 17.2. The summed E-state index contributed by atoms with van der Waals surface area (Å²) in [4.78, 5) is 11.1. The molecule has 0 spiro atoms. The largest absolute Gasteiger partial charge is 0.416 e. The second-order valence-corrected chi connectivity index (χ2v) is 13.7. The summed E-state index contributed by atoms with van der Waals surface area (Å²) in [6.45, 7) is 15.6. The average molecular weight is 392 g/mol. The Morgan fingerprint density at radius 2 is 1.73 bits per heavy atom. The van der Waals surface area contributed by atoms with Crippen molar-refractivity contribution in [1.82, 2.24) is 0 Å². The molecular weight excluding hydrogens is 354 g/mol. The number of aliphatic hydroxyl groups excluding tert-OH is 1. The standard InChI is InChI=1S/C18H37NO6Si/c1-12(2)26(13(3)4,14(5)6)24-11-8-16(19(21)22)18(20)17-9-10-23-15(7)25-17/h12-18,20H,8-11H2,1-7H3/t15?,16?,17-,18?/m0/s1. The maximum atomic E-state index is 11.5. The quantitative estimate of drug-likeness (QED) is 0.347. The lowest BCUT2D eigenvalue weighted by Crippen LogP contribution is -2.50. The van der Waals surface area contributed by atoms with Gasteiger partial charge in [0.25, 0.3) is 0 Å². The molecule has 0 aromatic rings. The molecule has 0 aromatic carbocycles. The van der Waals surface area contributed by atoms with Crippen molar-refractivity contribution in [3.63, 3.8) is 0 Å². The summed E-state index contributed by atoms with van der Waals surface area (Å²) in [5.74, 6) is 0. The van der Waals surface area contributed by atoms with E-state index in [1.807, 2.05) is 0 Å². The summed E-state index contributed by atoms with van der Waals surface area (Å²) in [7, 11) is -2.07. The van der Waals surface area contributed by atoms with E-state index >= 15 is 0 Å². The van der Waals surface area contributed by atoms with Gasteiger partial charge in [0.05, 0.1) is 12.7 Å². The Morgan fingerprint density at radius 1 is 1.19 bits per heavy atom. The van der Waals surface area contributed by atoms with Crippen molar-refractivity contribution in [1.29, 1.82) is 0 Å². The van der Waals surface area contributed by atoms with Gasteiger partial charge in [0, 0.05) is 18.0 Å². The van der Waals surface area contributed by atoms with Crippen molar-refractivity contribution in [2.24, 2.45) is 0 Å². The van der Waals surface area contributed by atoms with Crippen molar-refractivity contribution in [3.05, 3.63) is 10.1 Å². The highest BCUT2D eigenvalue weighted by atomic mass is 28.4. The van der Waals surface area contributed by atoms with Crippen molar-refractivity contribution >= 4 is 8.32 Å². The van der Waals surface area contributed by atoms with E-state index in [0.29, 0.717) is 36.3 Å². The molecule has 1 heterocycles. The fourth-order valence-corrected chi connectivity index (χ4v) is 9.93. The molecule has 0 aliphatic carbocycles. The van der Waals surface area contributed by atoms with Gasteiger partial charge in [-0.1, -0.05) is 41.5 Å². The van der Waals surface area contributed by atoms with Gasteiger partial charge in [0.15, 0.2) is 14.6 Å². The molecule has 7 nitrogen and oxygen atoms in total. The topological polar surface area (TPSA) is 91.1 Å². The van der Waals surface area contributed by atoms with Crippen LogP contribution in [0.3, 0.4) is 0 Å². The van der Waals surface area contributed by atoms with Crippen molar-refractivity contribution in [2.75, 3.05) is 13.2 Å². The normalized spacial score (nSPS) is 24.3. The van der Waals surface area contributed by atoms with E-state index in [9.17, 15) is 15.2 Å². The number of ether oxygens (including phenoxy) is 2. The molecule has 0 bridgehead atoms. The van der Waals surface area contributed by atoms with Crippen LogP contribution < -0.4 is 0 Å². The van der Waals surface area contributed by atoms with Crippen LogP contribution >= 0.6 is 0 Å². The van der Waals surface area contributed by atoms with Crippen LogP contribution in [0.5, 0.6) is 0 Å². The molecule has 1 rings (SSSR count). The van der Waals surface area contributed by atoms with E-state index in [2.05, 4.69) is 41.5 Å². The Hall–Kier alpha value is -0.543. The number of nitro groups is 1. The SMILES string of the molecule is CC1OCC[C@@H](C(O)C(CCO[Si](C(C)C)(C(C)C)C(C)C)[N+](=O)[O-])O1. The Morgan fingerprint density at radius 3 is 2.15 bits per heavy atom. The first kappa shape index (κ1) is 23.5. The Balaban J connectivity index is 2.77. The van der Waals surface area contributed by atoms with Gasteiger partial charge in [0.1, 0.15) is 6.10 Å². The van der Waals surface area contributed by atoms with E-state index in [0.717, 1.165) is 0 Å². The minimum absolute atomic E-state index is 0.185. The molecule has 8 heteroatoms. The first-order chi connectivity index (χ1) is 12.0. The predicted octanol–water partition coefficient (Wildman–Crippen LogP) is 3.73. The number of nitrogens with zero attached hydrogens (tertiary/aromatic N) is 1. The molecule has 0 amide bonds. The lowest BCUT2D eigenvalue weighted by atomic mass is 10.0. The molecular formula is C18H37NO6Si. The molecule has 0 radical (unpaired) electrons. The predicted molar refractivity (Wildman–Crippen MR) is 103 cm³/mol. The first-order valence-corrected chi connectivity index (χ1v) is 11.9. The Labute approximate surface area is 158 Å². The van der Waals surface area contributed by atoms with Gasteiger partial charge in [-0.3, -0.25) is 10.1 Å². The third-order valence-corrected chi connectivity index (χ3v) is 11.8. The monoisotopic (exact) mass is 391 g/mol. The number of hydrogen-bond donors (Lipinski definition) is 1. The molecule has 154 valence electrons. The lowest BCUT2D eigenvalue weighted by Gasteiger charge is -2.42. The van der Waals surface area contributed by atoms with Crippen LogP contribution in [0.1, 0.15) is 61.3 Å². The number of hydrogen-bond acceptors (Lipinski definition) is 6. The molecule has 26 heavy (non-hydrogen) atoms. The van der Waals surface area contributed by atoms with Gasteiger partial charge in [0.2, 0.25) is 6.04 Å². The Bertz CT molecular complexity index is 424. The van der Waals surface area contributed by atoms with Crippen molar-refractivity contribution < 1.29 is 23.9 Å². The molecule has 1 fully saturated rings. The summed E-state index contributed by atoms with van der Waals surface area (Å²) in [5.41, 5.74) is 1.25. The van der Waals surface area contributed by atoms with E-state index < -0.39 is 37.8 Å². The molecule has 0 aromatic heterocycles. The van der Waals surface area contributed by atoms with Crippen LogP contribution in [0.15, 0.2) is 0 Å². The second-order valence-electron chi connectivity index (χ2n) is 8.20. The first-order valence-electron chi connectivity index (χ1n) is 9.76. The zero-order valence-electron chi connectivity index (χ0n) is 17.3. The van der Waals surface area contributed by atoms with E-state index in [1.165, 1.54) is 0 Å². The highest BCUT2D eigenvalue weighted by Crippen LogP contribution is 2.42. The molecule has 0 saturated carbocycles. The maximum Gasteiger partial charge on any atom is 0.243 e. The van der Waals surface area contributed by atoms with Crippen LogP contribution in [-0.4, -0.2) is 56.1 Å². The maximum absolute atomic E-state index is 11.5. The summed E-state index contributed by atoms with van der Waals surface area (Å²) in [5, 5.41) is 22.0.